The predicted octanol–water partition coefficient (Wildman–Crippen LogP) is 4.41. The smallest absolute Gasteiger partial charge is 0.100 e. The zero-order valence-electron chi connectivity index (χ0n) is 13.3. The minimum atomic E-state index is 1.21. The van der Waals surface area contributed by atoms with Crippen LogP contribution in [0.4, 0.5) is 0 Å². The maximum atomic E-state index is 2.51. The fourth-order valence-corrected chi connectivity index (χ4v) is 3.51. The molecule has 0 amide bonds. The van der Waals surface area contributed by atoms with E-state index in [2.05, 4.69) is 18.4 Å². The maximum Gasteiger partial charge on any atom is 0.100 e. The molecule has 2 heterocycles. The zero-order chi connectivity index (χ0) is 13.9. The van der Waals surface area contributed by atoms with E-state index in [1.165, 1.54) is 96.6 Å². The van der Waals surface area contributed by atoms with E-state index in [4.69, 9.17) is 0 Å². The first-order chi connectivity index (χ1) is 9.95. The van der Waals surface area contributed by atoms with E-state index in [9.17, 15) is 0 Å². The van der Waals surface area contributed by atoms with Crippen LogP contribution in [0.5, 0.6) is 0 Å². The van der Waals surface area contributed by atoms with Crippen LogP contribution in [-0.4, -0.2) is 13.1 Å². The lowest BCUT2D eigenvalue weighted by molar-refractivity contribution is -0.841. The van der Waals surface area contributed by atoms with Gasteiger partial charge in [-0.15, -0.1) is 0 Å². The van der Waals surface area contributed by atoms with E-state index < -0.39 is 0 Å². The lowest BCUT2D eigenvalue weighted by atomic mass is 10.0. The van der Waals surface area contributed by atoms with Crippen molar-refractivity contribution in [2.24, 2.45) is 0 Å². The number of hydrogen-bond acceptors (Lipinski definition) is 0. The van der Waals surface area contributed by atoms with Crippen molar-refractivity contribution in [2.75, 3.05) is 13.1 Å². The summed E-state index contributed by atoms with van der Waals surface area (Å²) >= 11 is 0. The summed E-state index contributed by atoms with van der Waals surface area (Å²) < 4.78 is 0. The van der Waals surface area contributed by atoms with Gasteiger partial charge in [0.2, 0.25) is 0 Å². The van der Waals surface area contributed by atoms with Crippen molar-refractivity contribution in [3.05, 3.63) is 23.9 Å². The average molecular weight is 276 g/mol. The number of hydrogen-bond donors (Lipinski definition) is 1. The Morgan fingerprint density at radius 3 is 1.85 bits per heavy atom. The van der Waals surface area contributed by atoms with E-state index in [0.29, 0.717) is 0 Å². The van der Waals surface area contributed by atoms with Crippen LogP contribution in [-0.2, 0) is 0 Å². The van der Waals surface area contributed by atoms with Gasteiger partial charge in [0.05, 0.1) is 12.7 Å². The first-order valence-electron chi connectivity index (χ1n) is 9.17. The van der Waals surface area contributed by atoms with Crippen LogP contribution in [0, 0.1) is 0 Å². The third-order valence-electron chi connectivity index (χ3n) is 4.81. The molecule has 0 saturated carbocycles. The highest BCUT2D eigenvalue weighted by molar-refractivity contribution is 5.18. The molecule has 20 heavy (non-hydrogen) atoms. The standard InChI is InChI=1S/C19H33N/c1-2-4-6-8-10-12-16-20-17-13-15-19(18-20)14-11-9-7-5-3-1/h13,15,18H,1-12,14,16-17H2/p+1. The predicted molar refractivity (Wildman–Crippen MR) is 87.9 cm³/mol. The second kappa shape index (κ2) is 10.2. The maximum absolute atomic E-state index is 2.51. The molecule has 114 valence electrons. The van der Waals surface area contributed by atoms with Crippen molar-refractivity contribution in [3.8, 4) is 0 Å². The lowest BCUT2D eigenvalue weighted by Crippen LogP contribution is -3.07. The minimum absolute atomic E-state index is 1.21. The Morgan fingerprint density at radius 2 is 1.20 bits per heavy atom. The molecule has 0 aromatic rings. The second-order valence-electron chi connectivity index (χ2n) is 6.73. The number of nitrogens with one attached hydrogen (secondary N) is 1. The van der Waals surface area contributed by atoms with E-state index >= 15 is 0 Å². The van der Waals surface area contributed by atoms with Gasteiger partial charge in [-0.05, 0) is 31.8 Å². The van der Waals surface area contributed by atoms with Gasteiger partial charge in [-0.3, -0.25) is 0 Å². The van der Waals surface area contributed by atoms with E-state index in [1.807, 2.05) is 0 Å². The van der Waals surface area contributed by atoms with Gasteiger partial charge in [0.15, 0.2) is 0 Å². The number of allylic oxidation sites excluding steroid dienone is 2. The van der Waals surface area contributed by atoms with Crippen LogP contribution in [0.2, 0.25) is 0 Å². The summed E-state index contributed by atoms with van der Waals surface area (Å²) in [4.78, 5) is 1.69. The van der Waals surface area contributed by atoms with Crippen LogP contribution in [0.25, 0.3) is 0 Å². The fourth-order valence-electron chi connectivity index (χ4n) is 3.51. The summed E-state index contributed by atoms with van der Waals surface area (Å²) in [7, 11) is 0. The molecule has 1 atom stereocenters. The molecule has 0 aromatic heterocycles. The summed E-state index contributed by atoms with van der Waals surface area (Å²) in [5.41, 5.74) is 1.59. The van der Waals surface area contributed by atoms with Gasteiger partial charge in [-0.25, -0.2) is 0 Å². The van der Waals surface area contributed by atoms with E-state index in [-0.39, 0.29) is 0 Å². The van der Waals surface area contributed by atoms with Crippen LogP contribution >= 0.6 is 0 Å². The Balaban J connectivity index is 1.75. The van der Waals surface area contributed by atoms with E-state index in [0.717, 1.165) is 0 Å². The van der Waals surface area contributed by atoms with Crippen LogP contribution in [0.15, 0.2) is 23.9 Å². The molecule has 1 nitrogen and oxygen atoms in total. The van der Waals surface area contributed by atoms with Crippen LogP contribution < -0.4 is 4.90 Å². The summed E-state index contributed by atoms with van der Waals surface area (Å²) in [6.45, 7) is 2.55. The molecule has 2 aliphatic rings. The first-order valence-corrected chi connectivity index (χ1v) is 9.17. The molecule has 2 bridgehead atoms. The van der Waals surface area contributed by atoms with Crippen molar-refractivity contribution in [1.82, 2.24) is 0 Å². The molecule has 0 aliphatic carbocycles. The highest BCUT2D eigenvalue weighted by Gasteiger charge is 2.09. The molecule has 2 aliphatic heterocycles. The van der Waals surface area contributed by atoms with Crippen molar-refractivity contribution in [1.29, 1.82) is 0 Å². The Kier molecular flexibility index (Phi) is 8.08. The number of fused-ring (bicyclic) bond motifs is 1. The molecule has 1 N–H and O–H groups in total. The molecule has 0 fully saturated rings. The fraction of sp³-hybridized carbons (Fsp3) is 0.789. The topological polar surface area (TPSA) is 4.44 Å². The van der Waals surface area contributed by atoms with E-state index in [1.54, 1.807) is 10.5 Å². The Morgan fingerprint density at radius 1 is 0.650 bits per heavy atom. The van der Waals surface area contributed by atoms with Gasteiger partial charge in [0.1, 0.15) is 6.54 Å². The third-order valence-corrected chi connectivity index (χ3v) is 4.81. The third kappa shape index (κ3) is 6.74. The van der Waals surface area contributed by atoms with Crippen molar-refractivity contribution in [3.63, 3.8) is 0 Å². The Bertz CT molecular complexity index is 303. The van der Waals surface area contributed by atoms with Gasteiger partial charge >= 0.3 is 0 Å². The molecule has 0 spiro atoms. The molecule has 0 aromatic carbocycles. The largest absolute Gasteiger partial charge is 0.305 e. The van der Waals surface area contributed by atoms with Crippen LogP contribution in [0.3, 0.4) is 0 Å². The molecule has 0 saturated heterocycles. The van der Waals surface area contributed by atoms with Crippen molar-refractivity contribution >= 4 is 0 Å². The number of quaternary nitrogens is 1. The lowest BCUT2D eigenvalue weighted by Gasteiger charge is -2.18. The summed E-state index contributed by atoms with van der Waals surface area (Å²) in [6.07, 6.45) is 26.0. The zero-order valence-corrected chi connectivity index (χ0v) is 13.3. The second-order valence-corrected chi connectivity index (χ2v) is 6.73. The number of rotatable bonds is 0. The van der Waals surface area contributed by atoms with Gasteiger partial charge in [0.25, 0.3) is 0 Å². The van der Waals surface area contributed by atoms with Gasteiger partial charge in [0, 0.05) is 5.57 Å². The summed E-state index contributed by atoms with van der Waals surface area (Å²) in [6, 6.07) is 0. The minimum Gasteiger partial charge on any atom is -0.305 e. The SMILES string of the molecule is C1=CC2=C[NH+](C1)CCCCCCCCCCCCCC2. The molecule has 0 radical (unpaired) electrons. The average Bonchev–Trinajstić information content (AvgIpc) is 2.47. The quantitative estimate of drug-likeness (QED) is 0.668. The highest BCUT2D eigenvalue weighted by atomic mass is 15.1. The molecular formula is C19H34N+. The van der Waals surface area contributed by atoms with Gasteiger partial charge in [-0.2, -0.15) is 0 Å². The summed E-state index contributed by atoms with van der Waals surface area (Å²) in [5.74, 6) is 0. The molecule has 1 unspecified atom stereocenters. The highest BCUT2D eigenvalue weighted by Crippen LogP contribution is 2.15. The monoisotopic (exact) mass is 276 g/mol. The Hall–Kier alpha value is -0.560. The molecule has 1 heteroatoms. The molecular weight excluding hydrogens is 242 g/mol. The van der Waals surface area contributed by atoms with Crippen molar-refractivity contribution in [2.45, 2.75) is 83.5 Å². The van der Waals surface area contributed by atoms with Gasteiger partial charge < -0.3 is 4.90 Å². The van der Waals surface area contributed by atoms with Crippen molar-refractivity contribution < 1.29 is 4.90 Å². The summed E-state index contributed by atoms with van der Waals surface area (Å²) in [5, 5.41) is 0. The normalized spacial score (nSPS) is 27.6. The first kappa shape index (κ1) is 15.8. The molecule has 2 rings (SSSR count). The van der Waals surface area contributed by atoms with Gasteiger partial charge in [-0.1, -0.05) is 63.9 Å². The van der Waals surface area contributed by atoms with Crippen LogP contribution in [0.1, 0.15) is 83.5 Å². The Labute approximate surface area is 126 Å².